The zero-order valence-corrected chi connectivity index (χ0v) is 17.3. The third-order valence-electron chi connectivity index (χ3n) is 5.33. The molecule has 0 aliphatic carbocycles. The molecule has 3 aromatic rings. The Kier molecular flexibility index (Phi) is 5.21. The number of carbonyl (C=O) groups is 2. The number of benzene rings is 2. The van der Waals surface area contributed by atoms with Crippen LogP contribution in [0.25, 0.3) is 0 Å². The Morgan fingerprint density at radius 3 is 2.52 bits per heavy atom. The molecule has 3 N–H and O–H groups in total. The van der Waals surface area contributed by atoms with E-state index in [0.717, 1.165) is 16.7 Å². The van der Waals surface area contributed by atoms with Crippen LogP contribution in [-0.4, -0.2) is 33.9 Å². The Morgan fingerprint density at radius 1 is 1.13 bits per heavy atom. The molecule has 1 amide bonds. The second-order valence-electron chi connectivity index (χ2n) is 7.33. The molecule has 2 heterocycles. The van der Waals surface area contributed by atoms with Gasteiger partial charge in [-0.1, -0.05) is 18.2 Å². The summed E-state index contributed by atoms with van der Waals surface area (Å²) in [7, 11) is 1.58. The van der Waals surface area contributed by atoms with Gasteiger partial charge in [0.1, 0.15) is 22.8 Å². The number of fused-ring (bicyclic) bond motifs is 1. The maximum absolute atomic E-state index is 13.0. The van der Waals surface area contributed by atoms with Crippen molar-refractivity contribution in [2.45, 2.75) is 19.9 Å². The van der Waals surface area contributed by atoms with Gasteiger partial charge in [-0.25, -0.2) is 9.48 Å². The number of carbonyl (C=O) groups excluding carboxylic acids is 1. The minimum atomic E-state index is -1.12. The number of methoxy groups -OCH3 is 1. The molecule has 31 heavy (non-hydrogen) atoms. The number of carboxylic acid groups (broad SMARTS) is 1. The van der Waals surface area contributed by atoms with Gasteiger partial charge in [-0.2, -0.15) is 5.10 Å². The van der Waals surface area contributed by atoms with Crippen LogP contribution in [0.4, 0.5) is 11.5 Å². The zero-order chi connectivity index (χ0) is 22.1. The predicted octanol–water partition coefficient (Wildman–Crippen LogP) is 3.74. The van der Waals surface area contributed by atoms with E-state index >= 15 is 0 Å². The first kappa shape index (κ1) is 20.2. The van der Waals surface area contributed by atoms with Gasteiger partial charge in [0.15, 0.2) is 0 Å². The van der Waals surface area contributed by atoms with Crippen LogP contribution in [-0.2, 0) is 4.79 Å². The number of hydrogen-bond acceptors (Lipinski definition) is 5. The van der Waals surface area contributed by atoms with E-state index in [1.54, 1.807) is 30.0 Å². The molecule has 0 saturated carbocycles. The summed E-state index contributed by atoms with van der Waals surface area (Å²) in [6.45, 7) is 3.97. The minimum Gasteiger partial charge on any atom is -0.497 e. The number of aryl methyl sites for hydroxylation is 2. The molecule has 0 fully saturated rings. The number of rotatable bonds is 5. The van der Waals surface area contributed by atoms with E-state index in [1.807, 2.05) is 44.2 Å². The largest absolute Gasteiger partial charge is 0.497 e. The molecule has 1 aromatic heterocycles. The molecule has 0 bridgehead atoms. The Labute approximate surface area is 179 Å². The standard InChI is InChI=1S/C23H22N4O4/c1-13-4-7-16(10-14(13)2)25-22(28)18-12-24-27-20(11-19(23(29)30)26-21(18)27)15-5-8-17(31-3)9-6-15/h4-12,20,26H,1-3H3,(H,25,28)(H,29,30)/t20-/m1/s1. The summed E-state index contributed by atoms with van der Waals surface area (Å²) in [5, 5.41) is 19.6. The van der Waals surface area contributed by atoms with Crippen molar-refractivity contribution in [1.29, 1.82) is 0 Å². The van der Waals surface area contributed by atoms with E-state index in [4.69, 9.17) is 4.74 Å². The average molecular weight is 418 g/mol. The quantitative estimate of drug-likeness (QED) is 0.583. The first-order chi connectivity index (χ1) is 14.9. The Hall–Kier alpha value is -4.07. The highest BCUT2D eigenvalue weighted by Crippen LogP contribution is 2.33. The first-order valence-corrected chi connectivity index (χ1v) is 9.69. The molecule has 2 aromatic carbocycles. The van der Waals surface area contributed by atoms with E-state index in [2.05, 4.69) is 15.7 Å². The third kappa shape index (κ3) is 3.87. The fourth-order valence-electron chi connectivity index (χ4n) is 3.44. The topological polar surface area (TPSA) is 105 Å². The normalized spacial score (nSPS) is 14.8. The molecule has 4 rings (SSSR count). The maximum Gasteiger partial charge on any atom is 0.352 e. The summed E-state index contributed by atoms with van der Waals surface area (Å²) in [5.41, 5.74) is 3.89. The lowest BCUT2D eigenvalue weighted by Crippen LogP contribution is -2.25. The van der Waals surface area contributed by atoms with Gasteiger partial charge in [0.05, 0.1) is 19.3 Å². The summed E-state index contributed by atoms with van der Waals surface area (Å²) in [6.07, 6.45) is 3.00. The van der Waals surface area contributed by atoms with Gasteiger partial charge in [0.25, 0.3) is 5.91 Å². The summed E-state index contributed by atoms with van der Waals surface area (Å²) in [4.78, 5) is 24.7. The highest BCUT2D eigenvalue weighted by Gasteiger charge is 2.29. The highest BCUT2D eigenvalue weighted by atomic mass is 16.5. The van der Waals surface area contributed by atoms with Crippen molar-refractivity contribution >= 4 is 23.4 Å². The van der Waals surface area contributed by atoms with Crippen molar-refractivity contribution in [2.24, 2.45) is 0 Å². The lowest BCUT2D eigenvalue weighted by atomic mass is 10.0. The molecule has 8 heteroatoms. The van der Waals surface area contributed by atoms with Crippen molar-refractivity contribution in [1.82, 2.24) is 9.78 Å². The molecule has 0 spiro atoms. The van der Waals surface area contributed by atoms with Crippen LogP contribution in [0, 0.1) is 13.8 Å². The smallest absolute Gasteiger partial charge is 0.352 e. The van der Waals surface area contributed by atoms with Crippen LogP contribution in [0.1, 0.15) is 33.1 Å². The van der Waals surface area contributed by atoms with Crippen molar-refractivity contribution in [2.75, 3.05) is 17.7 Å². The molecular weight excluding hydrogens is 396 g/mol. The number of allylic oxidation sites excluding steroid dienone is 1. The third-order valence-corrected chi connectivity index (χ3v) is 5.33. The summed E-state index contributed by atoms with van der Waals surface area (Å²) >= 11 is 0. The van der Waals surface area contributed by atoms with Crippen LogP contribution in [0.15, 0.2) is 60.4 Å². The number of carboxylic acids is 1. The lowest BCUT2D eigenvalue weighted by Gasteiger charge is -2.24. The molecule has 8 nitrogen and oxygen atoms in total. The molecular formula is C23H22N4O4. The van der Waals surface area contributed by atoms with E-state index in [-0.39, 0.29) is 17.2 Å². The number of aromatic nitrogens is 2. The fourth-order valence-corrected chi connectivity index (χ4v) is 3.44. The van der Waals surface area contributed by atoms with Crippen LogP contribution in [0.5, 0.6) is 5.75 Å². The number of amides is 1. The minimum absolute atomic E-state index is 0.0194. The molecule has 158 valence electrons. The second kappa shape index (κ2) is 7.98. The van der Waals surface area contributed by atoms with E-state index in [1.165, 1.54) is 6.20 Å². The number of nitrogens with zero attached hydrogens (tertiary/aromatic N) is 2. The van der Waals surface area contributed by atoms with Gasteiger partial charge in [0, 0.05) is 5.69 Å². The number of hydrogen-bond donors (Lipinski definition) is 3. The maximum atomic E-state index is 13.0. The van der Waals surface area contributed by atoms with E-state index in [0.29, 0.717) is 17.3 Å². The summed E-state index contributed by atoms with van der Waals surface area (Å²) < 4.78 is 6.80. The molecule has 1 aliphatic heterocycles. The lowest BCUT2D eigenvalue weighted by molar-refractivity contribution is -0.132. The Bertz CT molecular complexity index is 1190. The SMILES string of the molecule is COc1ccc([C@H]2C=C(C(=O)O)Nc3c(C(=O)Nc4ccc(C)c(C)c4)cnn32)cc1. The van der Waals surface area contributed by atoms with Gasteiger partial charge in [-0.15, -0.1) is 0 Å². The van der Waals surface area contributed by atoms with Gasteiger partial charge >= 0.3 is 5.97 Å². The Balaban J connectivity index is 1.69. The van der Waals surface area contributed by atoms with Crippen molar-refractivity contribution in [3.63, 3.8) is 0 Å². The molecule has 1 atom stereocenters. The van der Waals surface area contributed by atoms with Gasteiger partial charge in [-0.05, 0) is 60.9 Å². The predicted molar refractivity (Wildman–Crippen MR) is 117 cm³/mol. The van der Waals surface area contributed by atoms with Crippen LogP contribution < -0.4 is 15.4 Å². The van der Waals surface area contributed by atoms with Gasteiger partial charge in [-0.3, -0.25) is 4.79 Å². The molecule has 0 unspecified atom stereocenters. The van der Waals surface area contributed by atoms with Crippen molar-refractivity contribution in [3.8, 4) is 5.75 Å². The first-order valence-electron chi connectivity index (χ1n) is 9.69. The Morgan fingerprint density at radius 2 is 1.87 bits per heavy atom. The average Bonchev–Trinajstić information content (AvgIpc) is 3.20. The summed E-state index contributed by atoms with van der Waals surface area (Å²) in [5.74, 6) is -0.486. The number of nitrogens with one attached hydrogen (secondary N) is 2. The van der Waals surface area contributed by atoms with Crippen LogP contribution in [0.3, 0.4) is 0 Å². The van der Waals surface area contributed by atoms with Crippen molar-refractivity contribution < 1.29 is 19.4 Å². The molecule has 0 radical (unpaired) electrons. The number of anilines is 2. The zero-order valence-electron chi connectivity index (χ0n) is 17.3. The van der Waals surface area contributed by atoms with Crippen molar-refractivity contribution in [3.05, 3.63) is 82.7 Å². The van der Waals surface area contributed by atoms with E-state index in [9.17, 15) is 14.7 Å². The monoisotopic (exact) mass is 418 g/mol. The fraction of sp³-hybridized carbons (Fsp3) is 0.174. The van der Waals surface area contributed by atoms with Gasteiger partial charge < -0.3 is 20.5 Å². The molecule has 1 aliphatic rings. The van der Waals surface area contributed by atoms with Crippen LogP contribution in [0.2, 0.25) is 0 Å². The van der Waals surface area contributed by atoms with E-state index < -0.39 is 12.0 Å². The summed E-state index contributed by atoms with van der Waals surface area (Å²) in [6, 6.07) is 12.4. The number of aliphatic carboxylic acids is 1. The second-order valence-corrected chi connectivity index (χ2v) is 7.33. The highest BCUT2D eigenvalue weighted by molar-refractivity contribution is 6.08. The number of ether oxygens (including phenoxy) is 1. The van der Waals surface area contributed by atoms with Crippen LogP contribution >= 0.6 is 0 Å². The van der Waals surface area contributed by atoms with Gasteiger partial charge in [0.2, 0.25) is 0 Å². The molecule has 0 saturated heterocycles.